The van der Waals surface area contributed by atoms with Gasteiger partial charge in [-0.2, -0.15) is 0 Å². The van der Waals surface area contributed by atoms with Crippen LogP contribution in [-0.4, -0.2) is 16.2 Å². The number of nitrogens with one attached hydrogen (secondary N) is 1. The van der Waals surface area contributed by atoms with Crippen molar-refractivity contribution in [1.82, 2.24) is 10.5 Å². The van der Waals surface area contributed by atoms with Crippen LogP contribution in [0, 0.1) is 0 Å². The third kappa shape index (κ3) is 3.74. The van der Waals surface area contributed by atoms with Crippen molar-refractivity contribution in [2.75, 3.05) is 0 Å². The van der Waals surface area contributed by atoms with Gasteiger partial charge in [-0.25, -0.2) is 0 Å². The maximum Gasteiger partial charge on any atom is 0.290 e. The standard InChI is InChI=1S/C17H22N2O3/c1-3-12(4-2)15-9-16(22-19-15)17(21)18-10-13-7-5-6-8-14(13)11-20/h5-9,12,20H,3-4,10-11H2,1-2H3,(H,18,21). The highest BCUT2D eigenvalue weighted by molar-refractivity contribution is 5.91. The van der Waals surface area contributed by atoms with Crippen molar-refractivity contribution in [1.29, 1.82) is 0 Å². The highest BCUT2D eigenvalue weighted by atomic mass is 16.5. The Hall–Kier alpha value is -2.14. The summed E-state index contributed by atoms with van der Waals surface area (Å²) in [6.07, 6.45) is 1.93. The quantitative estimate of drug-likeness (QED) is 0.824. The van der Waals surface area contributed by atoms with Crippen molar-refractivity contribution in [3.8, 4) is 0 Å². The number of benzene rings is 1. The zero-order chi connectivity index (χ0) is 15.9. The molecule has 0 unspecified atom stereocenters. The van der Waals surface area contributed by atoms with Gasteiger partial charge < -0.3 is 14.9 Å². The summed E-state index contributed by atoms with van der Waals surface area (Å²) in [4.78, 5) is 12.1. The van der Waals surface area contributed by atoms with Crippen molar-refractivity contribution < 1.29 is 14.4 Å². The van der Waals surface area contributed by atoms with Crippen molar-refractivity contribution in [2.45, 2.75) is 45.8 Å². The molecule has 1 heterocycles. The summed E-state index contributed by atoms with van der Waals surface area (Å²) in [5.74, 6) is 0.251. The minimum atomic E-state index is -0.294. The lowest BCUT2D eigenvalue weighted by atomic mass is 9.99. The Balaban J connectivity index is 2.01. The van der Waals surface area contributed by atoms with E-state index in [0.717, 1.165) is 29.7 Å². The molecule has 118 valence electrons. The van der Waals surface area contributed by atoms with E-state index < -0.39 is 0 Å². The van der Waals surface area contributed by atoms with Crippen LogP contribution in [0.3, 0.4) is 0 Å². The molecule has 0 saturated heterocycles. The van der Waals surface area contributed by atoms with Gasteiger partial charge in [0.25, 0.3) is 5.91 Å². The highest BCUT2D eigenvalue weighted by Crippen LogP contribution is 2.22. The van der Waals surface area contributed by atoms with Crippen molar-refractivity contribution in [3.63, 3.8) is 0 Å². The van der Waals surface area contributed by atoms with E-state index in [4.69, 9.17) is 4.52 Å². The Morgan fingerprint density at radius 3 is 2.59 bits per heavy atom. The second-order valence-electron chi connectivity index (χ2n) is 5.24. The molecule has 2 N–H and O–H groups in total. The number of carbonyl (C=O) groups excluding carboxylic acids is 1. The van der Waals surface area contributed by atoms with Crippen LogP contribution < -0.4 is 5.32 Å². The first kappa shape index (κ1) is 16.2. The monoisotopic (exact) mass is 302 g/mol. The van der Waals surface area contributed by atoms with Gasteiger partial charge in [0.05, 0.1) is 12.3 Å². The van der Waals surface area contributed by atoms with E-state index in [1.165, 1.54) is 0 Å². The molecule has 22 heavy (non-hydrogen) atoms. The lowest BCUT2D eigenvalue weighted by molar-refractivity contribution is 0.0913. The molecule has 0 bridgehead atoms. The molecule has 0 aliphatic rings. The smallest absolute Gasteiger partial charge is 0.290 e. The Morgan fingerprint density at radius 1 is 1.27 bits per heavy atom. The molecule has 0 aliphatic heterocycles. The molecule has 1 amide bonds. The van der Waals surface area contributed by atoms with Gasteiger partial charge in [-0.3, -0.25) is 4.79 Å². The van der Waals surface area contributed by atoms with Crippen molar-refractivity contribution >= 4 is 5.91 Å². The van der Waals surface area contributed by atoms with E-state index >= 15 is 0 Å². The predicted octanol–water partition coefficient (Wildman–Crippen LogP) is 3.00. The predicted molar refractivity (Wildman–Crippen MR) is 83.4 cm³/mol. The number of nitrogens with zero attached hydrogens (tertiary/aromatic N) is 1. The number of rotatable bonds is 7. The number of hydrogen-bond donors (Lipinski definition) is 2. The number of hydrogen-bond acceptors (Lipinski definition) is 4. The number of aliphatic hydroxyl groups excluding tert-OH is 1. The van der Waals surface area contributed by atoms with Crippen LogP contribution in [0.5, 0.6) is 0 Å². The maximum absolute atomic E-state index is 12.1. The molecule has 0 aliphatic carbocycles. The van der Waals surface area contributed by atoms with Gasteiger partial charge in [0.2, 0.25) is 5.76 Å². The lowest BCUT2D eigenvalue weighted by Crippen LogP contribution is -2.23. The number of aliphatic hydroxyl groups is 1. The van der Waals surface area contributed by atoms with Gasteiger partial charge >= 0.3 is 0 Å². The molecular formula is C17H22N2O3. The summed E-state index contributed by atoms with van der Waals surface area (Å²) in [7, 11) is 0. The van der Waals surface area contributed by atoms with Gasteiger partial charge in [-0.15, -0.1) is 0 Å². The largest absolute Gasteiger partial charge is 0.392 e. The number of amides is 1. The van der Waals surface area contributed by atoms with Gasteiger partial charge in [0.1, 0.15) is 0 Å². The number of carbonyl (C=O) groups is 1. The van der Waals surface area contributed by atoms with Gasteiger partial charge in [0.15, 0.2) is 0 Å². The van der Waals surface area contributed by atoms with Crippen LogP contribution in [0.4, 0.5) is 0 Å². The van der Waals surface area contributed by atoms with E-state index in [9.17, 15) is 9.90 Å². The van der Waals surface area contributed by atoms with Crippen molar-refractivity contribution in [3.05, 3.63) is 52.9 Å². The van der Waals surface area contributed by atoms with Crippen molar-refractivity contribution in [2.24, 2.45) is 0 Å². The van der Waals surface area contributed by atoms with Gasteiger partial charge in [-0.05, 0) is 24.0 Å². The molecule has 2 rings (SSSR count). The number of aromatic nitrogens is 1. The average molecular weight is 302 g/mol. The minimum Gasteiger partial charge on any atom is -0.392 e. The summed E-state index contributed by atoms with van der Waals surface area (Å²) < 4.78 is 5.14. The van der Waals surface area contributed by atoms with E-state index in [1.54, 1.807) is 6.07 Å². The van der Waals surface area contributed by atoms with Crippen LogP contribution in [0.2, 0.25) is 0 Å². The molecule has 0 fully saturated rings. The van der Waals surface area contributed by atoms with Crippen LogP contribution in [-0.2, 0) is 13.2 Å². The summed E-state index contributed by atoms with van der Waals surface area (Å²) >= 11 is 0. The van der Waals surface area contributed by atoms with Crippen LogP contribution >= 0.6 is 0 Å². The molecule has 0 atom stereocenters. The zero-order valence-corrected chi connectivity index (χ0v) is 13.0. The Labute approximate surface area is 130 Å². The minimum absolute atomic E-state index is 0.0484. The fourth-order valence-corrected chi connectivity index (χ4v) is 2.44. The normalized spacial score (nSPS) is 10.9. The topological polar surface area (TPSA) is 75.4 Å². The van der Waals surface area contributed by atoms with Crippen LogP contribution in [0.1, 0.15) is 60.0 Å². The Bertz CT molecular complexity index is 618. The molecule has 0 radical (unpaired) electrons. The molecule has 2 aromatic rings. The van der Waals surface area contributed by atoms with Gasteiger partial charge in [-0.1, -0.05) is 43.3 Å². The fourth-order valence-electron chi connectivity index (χ4n) is 2.44. The first-order valence-electron chi connectivity index (χ1n) is 7.62. The molecule has 0 saturated carbocycles. The SMILES string of the molecule is CCC(CC)c1cc(C(=O)NCc2ccccc2CO)on1. The van der Waals surface area contributed by atoms with Crippen LogP contribution in [0.15, 0.2) is 34.9 Å². The Kier molecular flexibility index (Phi) is 5.72. The van der Waals surface area contributed by atoms with E-state index in [2.05, 4.69) is 24.3 Å². The second-order valence-corrected chi connectivity index (χ2v) is 5.24. The summed E-state index contributed by atoms with van der Waals surface area (Å²) in [5, 5.41) is 16.1. The second kappa shape index (κ2) is 7.75. The van der Waals surface area contributed by atoms with E-state index in [-0.39, 0.29) is 18.3 Å². The third-order valence-electron chi connectivity index (χ3n) is 3.88. The summed E-state index contributed by atoms with van der Waals surface area (Å²) in [6.45, 7) is 4.48. The summed E-state index contributed by atoms with van der Waals surface area (Å²) in [6, 6.07) is 9.16. The Morgan fingerprint density at radius 2 is 1.95 bits per heavy atom. The lowest BCUT2D eigenvalue weighted by Gasteiger charge is -2.07. The highest BCUT2D eigenvalue weighted by Gasteiger charge is 2.17. The molecule has 5 heteroatoms. The molecular weight excluding hydrogens is 280 g/mol. The molecule has 1 aromatic carbocycles. The van der Waals surface area contributed by atoms with Gasteiger partial charge in [0, 0.05) is 18.5 Å². The molecule has 1 aromatic heterocycles. The van der Waals surface area contributed by atoms with E-state index in [0.29, 0.717) is 12.5 Å². The van der Waals surface area contributed by atoms with E-state index in [1.807, 2.05) is 24.3 Å². The first-order chi connectivity index (χ1) is 10.7. The maximum atomic E-state index is 12.1. The molecule has 5 nitrogen and oxygen atoms in total. The average Bonchev–Trinajstić information content (AvgIpc) is 3.04. The van der Waals surface area contributed by atoms with Crippen LogP contribution in [0.25, 0.3) is 0 Å². The first-order valence-corrected chi connectivity index (χ1v) is 7.62. The third-order valence-corrected chi connectivity index (χ3v) is 3.88. The zero-order valence-electron chi connectivity index (χ0n) is 13.0. The fraction of sp³-hybridized carbons (Fsp3) is 0.412. The molecule has 0 spiro atoms. The summed E-state index contributed by atoms with van der Waals surface area (Å²) in [5.41, 5.74) is 2.52.